The number of hydrogen-bond acceptors (Lipinski definition) is 5. The van der Waals surface area contributed by atoms with Crippen LogP contribution in [0.4, 0.5) is 21.5 Å². The van der Waals surface area contributed by atoms with Crippen molar-refractivity contribution in [2.45, 2.75) is 6.42 Å². The molecule has 146 valence electrons. The van der Waals surface area contributed by atoms with Crippen molar-refractivity contribution in [3.63, 3.8) is 0 Å². The summed E-state index contributed by atoms with van der Waals surface area (Å²) in [6, 6.07) is 14.1. The fourth-order valence-corrected chi connectivity index (χ4v) is 2.62. The number of carbonyl (C=O) groups is 2. The number of benzene rings is 2. The first-order valence-corrected chi connectivity index (χ1v) is 8.48. The normalized spacial score (nSPS) is 10.2. The summed E-state index contributed by atoms with van der Waals surface area (Å²) >= 11 is 0. The highest BCUT2D eigenvalue weighted by atomic mass is 19.1. The highest BCUT2D eigenvalue weighted by molar-refractivity contribution is 6.06. The monoisotopic (exact) mass is 394 g/mol. The molecule has 2 aromatic carbocycles. The predicted molar refractivity (Wildman–Crippen MR) is 104 cm³/mol. The lowest BCUT2D eigenvalue weighted by Gasteiger charge is -2.12. The fourth-order valence-electron chi connectivity index (χ4n) is 2.62. The Morgan fingerprint density at radius 2 is 1.76 bits per heavy atom. The number of halogens is 1. The molecule has 1 aromatic heterocycles. The minimum Gasteiger partial charge on any atom is -0.324 e. The third kappa shape index (κ3) is 4.98. The molecule has 0 spiro atoms. The van der Waals surface area contributed by atoms with Gasteiger partial charge in [-0.05, 0) is 30.3 Å². The van der Waals surface area contributed by atoms with Crippen LogP contribution < -0.4 is 10.6 Å². The number of nitro benzene ring substituents is 1. The van der Waals surface area contributed by atoms with Crippen molar-refractivity contribution in [1.82, 2.24) is 4.98 Å². The number of rotatable bonds is 6. The molecule has 3 aromatic rings. The number of para-hydroxylation sites is 1. The van der Waals surface area contributed by atoms with Gasteiger partial charge in [0.2, 0.25) is 5.91 Å². The molecule has 9 heteroatoms. The Balaban J connectivity index is 1.79. The first kappa shape index (κ1) is 19.6. The van der Waals surface area contributed by atoms with Crippen LogP contribution in [-0.2, 0) is 11.2 Å². The van der Waals surface area contributed by atoms with Gasteiger partial charge >= 0.3 is 0 Å². The number of amides is 2. The highest BCUT2D eigenvalue weighted by Gasteiger charge is 2.17. The summed E-state index contributed by atoms with van der Waals surface area (Å²) in [5.41, 5.74) is 0.362. The van der Waals surface area contributed by atoms with Crippen molar-refractivity contribution in [1.29, 1.82) is 0 Å². The van der Waals surface area contributed by atoms with Gasteiger partial charge in [0.05, 0.1) is 22.7 Å². The van der Waals surface area contributed by atoms with Gasteiger partial charge in [-0.15, -0.1) is 0 Å². The number of hydrogen-bond donors (Lipinski definition) is 2. The Labute approximate surface area is 164 Å². The molecule has 0 fully saturated rings. The summed E-state index contributed by atoms with van der Waals surface area (Å²) in [4.78, 5) is 39.1. The molecule has 1 heterocycles. The molecule has 0 saturated heterocycles. The van der Waals surface area contributed by atoms with Crippen LogP contribution in [0.5, 0.6) is 0 Å². The lowest BCUT2D eigenvalue weighted by molar-refractivity contribution is -0.385. The van der Waals surface area contributed by atoms with Gasteiger partial charge in [0.15, 0.2) is 0 Å². The lowest BCUT2D eigenvalue weighted by Crippen LogP contribution is -2.19. The maximum absolute atomic E-state index is 13.7. The van der Waals surface area contributed by atoms with Gasteiger partial charge in [-0.25, -0.2) is 4.39 Å². The van der Waals surface area contributed by atoms with Crippen LogP contribution in [-0.4, -0.2) is 21.7 Å². The number of nitro groups is 1. The van der Waals surface area contributed by atoms with Crippen LogP contribution in [0.1, 0.15) is 16.1 Å². The van der Waals surface area contributed by atoms with Gasteiger partial charge in [-0.2, -0.15) is 0 Å². The summed E-state index contributed by atoms with van der Waals surface area (Å²) in [5, 5.41) is 16.1. The van der Waals surface area contributed by atoms with Crippen molar-refractivity contribution in [3.8, 4) is 0 Å². The number of carbonyl (C=O) groups excluding carboxylic acids is 2. The van der Waals surface area contributed by atoms with Crippen molar-refractivity contribution >= 4 is 28.9 Å². The maximum atomic E-state index is 13.7. The number of nitrogens with one attached hydrogen (secondary N) is 2. The fraction of sp³-hybridized carbons (Fsp3) is 0.0500. The van der Waals surface area contributed by atoms with Crippen molar-refractivity contribution in [3.05, 3.63) is 94.0 Å². The number of anilines is 2. The highest BCUT2D eigenvalue weighted by Crippen LogP contribution is 2.25. The molecule has 2 amide bonds. The van der Waals surface area contributed by atoms with Crippen LogP contribution in [0, 0.1) is 15.9 Å². The van der Waals surface area contributed by atoms with Crippen LogP contribution >= 0.6 is 0 Å². The molecule has 3 rings (SSSR count). The van der Waals surface area contributed by atoms with Crippen molar-refractivity contribution in [2.75, 3.05) is 10.6 Å². The van der Waals surface area contributed by atoms with Gasteiger partial charge in [0.25, 0.3) is 11.6 Å². The van der Waals surface area contributed by atoms with Crippen LogP contribution in [0.25, 0.3) is 0 Å². The molecule has 0 unspecified atom stereocenters. The van der Waals surface area contributed by atoms with Gasteiger partial charge in [0, 0.05) is 17.8 Å². The topological polar surface area (TPSA) is 114 Å². The maximum Gasteiger partial charge on any atom is 0.274 e. The van der Waals surface area contributed by atoms with Crippen molar-refractivity contribution in [2.24, 2.45) is 0 Å². The van der Waals surface area contributed by atoms with E-state index in [1.54, 1.807) is 18.2 Å². The lowest BCUT2D eigenvalue weighted by atomic mass is 10.1. The quantitative estimate of drug-likeness (QED) is 0.490. The Kier molecular flexibility index (Phi) is 5.88. The molecular formula is C20H15FN4O4. The molecule has 0 aliphatic heterocycles. The Hall–Kier alpha value is -4.14. The molecule has 2 N–H and O–H groups in total. The predicted octanol–water partition coefficient (Wildman–Crippen LogP) is 3.56. The first-order valence-electron chi connectivity index (χ1n) is 8.48. The third-order valence-corrected chi connectivity index (χ3v) is 3.94. The van der Waals surface area contributed by atoms with E-state index >= 15 is 0 Å². The zero-order valence-corrected chi connectivity index (χ0v) is 15.0. The largest absolute Gasteiger partial charge is 0.324 e. The summed E-state index contributed by atoms with van der Waals surface area (Å²) in [6.07, 6.45) is 1.16. The molecule has 0 saturated carbocycles. The van der Waals surface area contributed by atoms with E-state index in [1.165, 1.54) is 36.5 Å². The summed E-state index contributed by atoms with van der Waals surface area (Å²) in [5.74, 6) is -1.76. The second-order valence-corrected chi connectivity index (χ2v) is 5.97. The van der Waals surface area contributed by atoms with E-state index in [4.69, 9.17) is 0 Å². The first-order chi connectivity index (χ1) is 13.9. The molecule has 8 nitrogen and oxygen atoms in total. The van der Waals surface area contributed by atoms with Crippen molar-refractivity contribution < 1.29 is 18.9 Å². The molecule has 0 aliphatic carbocycles. The van der Waals surface area contributed by atoms with Gasteiger partial charge in [-0.1, -0.05) is 24.3 Å². The van der Waals surface area contributed by atoms with E-state index in [2.05, 4.69) is 15.6 Å². The minimum absolute atomic E-state index is 0.0258. The molecule has 0 atom stereocenters. The van der Waals surface area contributed by atoms with Gasteiger partial charge in [-0.3, -0.25) is 24.7 Å². The standard InChI is InChI=1S/C20H15FN4O4/c21-14-8-9-15(24-20(27)16-6-3-4-10-22-16)17(12-14)23-19(26)11-13-5-1-2-7-18(13)25(28)29/h1-10,12H,11H2,(H,23,26)(H,24,27). The van der Waals surface area contributed by atoms with E-state index < -0.39 is 22.6 Å². The van der Waals surface area contributed by atoms with E-state index in [9.17, 15) is 24.1 Å². The Morgan fingerprint density at radius 3 is 2.48 bits per heavy atom. The van der Waals surface area contributed by atoms with Crippen LogP contribution in [0.15, 0.2) is 66.9 Å². The molecular weight excluding hydrogens is 379 g/mol. The Bertz CT molecular complexity index is 1070. The average molecular weight is 394 g/mol. The molecule has 0 aliphatic rings. The van der Waals surface area contributed by atoms with Gasteiger partial charge < -0.3 is 10.6 Å². The van der Waals surface area contributed by atoms with E-state index in [-0.39, 0.29) is 34.7 Å². The number of aromatic nitrogens is 1. The molecule has 0 bridgehead atoms. The van der Waals surface area contributed by atoms with Gasteiger partial charge in [0.1, 0.15) is 11.5 Å². The third-order valence-electron chi connectivity index (χ3n) is 3.94. The molecule has 29 heavy (non-hydrogen) atoms. The van der Waals surface area contributed by atoms with Crippen LogP contribution in [0.2, 0.25) is 0 Å². The summed E-state index contributed by atoms with van der Waals surface area (Å²) in [6.45, 7) is 0. The van der Waals surface area contributed by atoms with E-state index in [0.717, 1.165) is 12.1 Å². The zero-order valence-electron chi connectivity index (χ0n) is 15.0. The zero-order chi connectivity index (χ0) is 20.8. The van der Waals surface area contributed by atoms with E-state index in [0.29, 0.717) is 0 Å². The number of nitrogens with zero attached hydrogens (tertiary/aromatic N) is 2. The Morgan fingerprint density at radius 1 is 1.00 bits per heavy atom. The van der Waals surface area contributed by atoms with Crippen LogP contribution in [0.3, 0.4) is 0 Å². The molecule has 0 radical (unpaired) electrons. The summed E-state index contributed by atoms with van der Waals surface area (Å²) < 4.78 is 13.7. The smallest absolute Gasteiger partial charge is 0.274 e. The summed E-state index contributed by atoms with van der Waals surface area (Å²) in [7, 11) is 0. The second kappa shape index (κ2) is 8.70. The number of pyridine rings is 1. The van der Waals surface area contributed by atoms with E-state index in [1.807, 2.05) is 0 Å². The average Bonchev–Trinajstić information content (AvgIpc) is 2.70. The second-order valence-electron chi connectivity index (χ2n) is 5.97. The minimum atomic E-state index is -0.623. The SMILES string of the molecule is O=C(Cc1ccccc1[N+](=O)[O-])Nc1cc(F)ccc1NC(=O)c1ccccn1.